The first-order valence-electron chi connectivity index (χ1n) is 4.79. The Bertz CT molecular complexity index is 513. The van der Waals surface area contributed by atoms with E-state index in [9.17, 15) is 22.0 Å². The molecule has 0 amide bonds. The summed E-state index contributed by atoms with van der Waals surface area (Å²) in [5.74, 6) is -4.86. The Morgan fingerprint density at radius 1 is 1.00 bits per heavy atom. The molecule has 0 atom stereocenters. The number of benzene rings is 1. The third-order valence-corrected chi connectivity index (χ3v) is 2.32. The highest BCUT2D eigenvalue weighted by Crippen LogP contribution is 2.43. The predicted molar refractivity (Wildman–Crippen MR) is 52.3 cm³/mol. The molecule has 0 spiro atoms. The molecule has 0 N–H and O–H groups in total. The molecule has 0 unspecified atom stereocenters. The zero-order valence-corrected chi connectivity index (χ0v) is 8.75. The summed E-state index contributed by atoms with van der Waals surface area (Å²) < 4.78 is 63.7. The molecule has 0 saturated carbocycles. The molecule has 0 bridgehead atoms. The standard InChI is InChI=1S/C11H6F5N2/c12-10(13,11(14,15)16)8-1-3-9(4-2-8)18-6-5-17-7-18/h1-6H. The lowest BCUT2D eigenvalue weighted by Crippen LogP contribution is -2.33. The lowest BCUT2D eigenvalue weighted by Gasteiger charge is -2.19. The average Bonchev–Trinajstić information content (AvgIpc) is 2.81. The van der Waals surface area contributed by atoms with Crippen molar-refractivity contribution < 1.29 is 22.0 Å². The van der Waals surface area contributed by atoms with Gasteiger partial charge in [-0.1, -0.05) is 12.1 Å². The number of aromatic nitrogens is 2. The van der Waals surface area contributed by atoms with Crippen molar-refractivity contribution in [2.45, 2.75) is 12.1 Å². The fourth-order valence-corrected chi connectivity index (χ4v) is 1.37. The maximum Gasteiger partial charge on any atom is 0.458 e. The molecule has 7 heteroatoms. The molecule has 18 heavy (non-hydrogen) atoms. The lowest BCUT2D eigenvalue weighted by molar-refractivity contribution is -0.289. The van der Waals surface area contributed by atoms with Gasteiger partial charge in [-0.2, -0.15) is 22.0 Å². The van der Waals surface area contributed by atoms with Gasteiger partial charge in [0.15, 0.2) is 6.33 Å². The average molecular weight is 261 g/mol. The highest BCUT2D eigenvalue weighted by molar-refractivity contribution is 5.36. The minimum atomic E-state index is -5.60. The van der Waals surface area contributed by atoms with Crippen LogP contribution in [-0.2, 0) is 5.92 Å². The summed E-state index contributed by atoms with van der Waals surface area (Å²) in [7, 11) is 0. The molecule has 0 aliphatic rings. The van der Waals surface area contributed by atoms with E-state index in [1.165, 1.54) is 17.0 Å². The first-order valence-corrected chi connectivity index (χ1v) is 4.79. The van der Waals surface area contributed by atoms with Gasteiger partial charge in [-0.25, -0.2) is 4.98 Å². The Morgan fingerprint density at radius 2 is 1.61 bits per heavy atom. The Kier molecular flexibility index (Phi) is 2.84. The Hall–Kier alpha value is -1.92. The van der Waals surface area contributed by atoms with Gasteiger partial charge in [0, 0.05) is 23.6 Å². The molecule has 0 aliphatic carbocycles. The molecular formula is C11H6F5N2. The molecule has 95 valence electrons. The molecule has 0 saturated heterocycles. The molecule has 1 heterocycles. The second-order valence-electron chi connectivity index (χ2n) is 3.52. The van der Waals surface area contributed by atoms with Crippen molar-refractivity contribution in [3.63, 3.8) is 0 Å². The zero-order valence-electron chi connectivity index (χ0n) is 8.75. The number of halogens is 5. The van der Waals surface area contributed by atoms with E-state index in [1.54, 1.807) is 0 Å². The first-order chi connectivity index (χ1) is 8.32. The lowest BCUT2D eigenvalue weighted by atomic mass is 10.1. The highest BCUT2D eigenvalue weighted by Gasteiger charge is 2.58. The van der Waals surface area contributed by atoms with Gasteiger partial charge < -0.3 is 0 Å². The molecule has 0 aliphatic heterocycles. The second-order valence-corrected chi connectivity index (χ2v) is 3.52. The number of hydrogen-bond donors (Lipinski definition) is 0. The van der Waals surface area contributed by atoms with Gasteiger partial charge in [0.2, 0.25) is 0 Å². The minimum Gasteiger partial charge on any atom is -0.297 e. The van der Waals surface area contributed by atoms with E-state index in [-0.39, 0.29) is 0 Å². The second kappa shape index (κ2) is 4.08. The summed E-state index contributed by atoms with van der Waals surface area (Å²) in [6.07, 6.45) is -0.191. The maximum absolute atomic E-state index is 13.0. The highest BCUT2D eigenvalue weighted by atomic mass is 19.4. The fraction of sp³-hybridized carbons (Fsp3) is 0.182. The normalized spacial score (nSPS) is 12.7. The van der Waals surface area contributed by atoms with E-state index in [0.29, 0.717) is 5.69 Å². The van der Waals surface area contributed by atoms with Crippen molar-refractivity contribution in [3.8, 4) is 5.69 Å². The van der Waals surface area contributed by atoms with Crippen LogP contribution in [0.4, 0.5) is 22.0 Å². The Morgan fingerprint density at radius 3 is 2.06 bits per heavy atom. The van der Waals surface area contributed by atoms with E-state index in [0.717, 1.165) is 24.3 Å². The first kappa shape index (κ1) is 12.5. The molecule has 2 nitrogen and oxygen atoms in total. The molecule has 1 aromatic heterocycles. The van der Waals surface area contributed by atoms with Gasteiger partial charge in [0.25, 0.3) is 0 Å². The van der Waals surface area contributed by atoms with E-state index in [4.69, 9.17) is 0 Å². The number of nitrogens with zero attached hydrogens (tertiary/aromatic N) is 2. The monoisotopic (exact) mass is 261 g/mol. The van der Waals surface area contributed by atoms with Gasteiger partial charge in [0.1, 0.15) is 0 Å². The van der Waals surface area contributed by atoms with Crippen LogP contribution in [0, 0.1) is 6.33 Å². The summed E-state index contributed by atoms with van der Waals surface area (Å²) >= 11 is 0. The SMILES string of the molecule is FC(F)(F)C(F)(F)c1ccc(-n2[c]ncc2)cc1. The van der Waals surface area contributed by atoms with Crippen LogP contribution in [0.15, 0.2) is 36.7 Å². The van der Waals surface area contributed by atoms with Crippen LogP contribution in [-0.4, -0.2) is 15.7 Å². The molecule has 1 radical (unpaired) electrons. The van der Waals surface area contributed by atoms with E-state index in [2.05, 4.69) is 11.3 Å². The van der Waals surface area contributed by atoms with Crippen LogP contribution in [0.5, 0.6) is 0 Å². The Labute approximate surface area is 98.7 Å². The van der Waals surface area contributed by atoms with Crippen molar-refractivity contribution in [2.75, 3.05) is 0 Å². The summed E-state index contributed by atoms with van der Waals surface area (Å²) in [5.41, 5.74) is -0.701. The van der Waals surface area contributed by atoms with Crippen LogP contribution < -0.4 is 0 Å². The van der Waals surface area contributed by atoms with Gasteiger partial charge in [-0.3, -0.25) is 4.57 Å². The molecule has 1 aromatic carbocycles. The molecule has 2 aromatic rings. The quantitative estimate of drug-likeness (QED) is 0.758. The summed E-state index contributed by atoms with van der Waals surface area (Å²) in [4.78, 5) is 3.62. The number of alkyl halides is 5. The van der Waals surface area contributed by atoms with Gasteiger partial charge >= 0.3 is 12.1 Å². The van der Waals surface area contributed by atoms with Crippen LogP contribution in [0.1, 0.15) is 5.56 Å². The third kappa shape index (κ3) is 2.07. The van der Waals surface area contributed by atoms with Gasteiger partial charge in [-0.05, 0) is 12.1 Å². The summed E-state index contributed by atoms with van der Waals surface area (Å²) in [6.45, 7) is 0. The summed E-state index contributed by atoms with van der Waals surface area (Å²) in [5, 5.41) is 0. The van der Waals surface area contributed by atoms with Crippen LogP contribution in [0.2, 0.25) is 0 Å². The largest absolute Gasteiger partial charge is 0.458 e. The fourth-order valence-electron chi connectivity index (χ4n) is 1.37. The number of imidazole rings is 1. The van der Waals surface area contributed by atoms with Crippen molar-refractivity contribution in [2.24, 2.45) is 0 Å². The van der Waals surface area contributed by atoms with Crippen molar-refractivity contribution in [1.29, 1.82) is 0 Å². The van der Waals surface area contributed by atoms with Gasteiger partial charge in [-0.15, -0.1) is 0 Å². The van der Waals surface area contributed by atoms with Crippen molar-refractivity contribution in [1.82, 2.24) is 9.55 Å². The zero-order chi connectivity index (χ0) is 13.4. The van der Waals surface area contributed by atoms with E-state index < -0.39 is 17.7 Å². The van der Waals surface area contributed by atoms with Gasteiger partial charge in [0.05, 0.1) is 0 Å². The molecular weight excluding hydrogens is 255 g/mol. The maximum atomic E-state index is 13.0. The predicted octanol–water partition coefficient (Wildman–Crippen LogP) is 3.33. The van der Waals surface area contributed by atoms with E-state index in [1.807, 2.05) is 0 Å². The van der Waals surface area contributed by atoms with Crippen LogP contribution >= 0.6 is 0 Å². The van der Waals surface area contributed by atoms with Crippen LogP contribution in [0.3, 0.4) is 0 Å². The van der Waals surface area contributed by atoms with Crippen molar-refractivity contribution >= 4 is 0 Å². The smallest absolute Gasteiger partial charge is 0.297 e. The minimum absolute atomic E-state index is 0.397. The number of hydrogen-bond acceptors (Lipinski definition) is 1. The molecule has 2 rings (SSSR count). The van der Waals surface area contributed by atoms with Crippen LogP contribution in [0.25, 0.3) is 5.69 Å². The number of rotatable bonds is 2. The van der Waals surface area contributed by atoms with Crippen molar-refractivity contribution in [3.05, 3.63) is 48.5 Å². The third-order valence-electron chi connectivity index (χ3n) is 2.32. The topological polar surface area (TPSA) is 17.8 Å². The summed E-state index contributed by atoms with van der Waals surface area (Å²) in [6, 6.07) is 3.76. The molecule has 0 fully saturated rings. The van der Waals surface area contributed by atoms with E-state index >= 15 is 0 Å². The Balaban J connectivity index is 2.34.